The van der Waals surface area contributed by atoms with E-state index in [-0.39, 0.29) is 5.60 Å². The Morgan fingerprint density at radius 1 is 1.24 bits per heavy atom. The van der Waals surface area contributed by atoms with Crippen LogP contribution in [0.2, 0.25) is 0 Å². The van der Waals surface area contributed by atoms with E-state index in [0.29, 0.717) is 12.0 Å². The highest BCUT2D eigenvalue weighted by Gasteiger charge is 2.43. The summed E-state index contributed by atoms with van der Waals surface area (Å²) in [6.07, 6.45) is 5.53. The van der Waals surface area contributed by atoms with Gasteiger partial charge in [-0.1, -0.05) is 30.7 Å². The summed E-state index contributed by atoms with van der Waals surface area (Å²) in [5.41, 5.74) is 2.98. The molecule has 3 rings (SSSR count). The largest absolute Gasteiger partial charge is 0.371 e. The molecule has 25 heavy (non-hydrogen) atoms. The molecule has 1 heterocycles. The summed E-state index contributed by atoms with van der Waals surface area (Å²) in [5.74, 6) is 1.04. The molecule has 0 atom stereocenters. The smallest absolute Gasteiger partial charge is 0.193 e. The first-order chi connectivity index (χ1) is 11.9. The Morgan fingerprint density at radius 2 is 2.00 bits per heavy atom. The molecule has 138 valence electrons. The fraction of sp³-hybridized carbons (Fsp3) is 0.667. The van der Waals surface area contributed by atoms with Gasteiger partial charge in [-0.05, 0) is 56.6 Å². The number of hydrogen-bond donors (Lipinski definition) is 1. The van der Waals surface area contributed by atoms with Gasteiger partial charge in [0.1, 0.15) is 0 Å². The highest BCUT2D eigenvalue weighted by molar-refractivity contribution is 5.80. The molecule has 2 aliphatic rings. The maximum absolute atomic E-state index is 5.89. The summed E-state index contributed by atoms with van der Waals surface area (Å²) in [5, 5.41) is 3.55. The van der Waals surface area contributed by atoms with Crippen molar-refractivity contribution in [3.8, 4) is 0 Å². The van der Waals surface area contributed by atoms with Crippen molar-refractivity contribution < 1.29 is 4.74 Å². The van der Waals surface area contributed by atoms with Crippen molar-refractivity contribution in [2.45, 2.75) is 65.2 Å². The van der Waals surface area contributed by atoms with E-state index in [1.165, 1.54) is 43.4 Å². The fourth-order valence-electron chi connectivity index (χ4n) is 3.84. The molecule has 0 bridgehead atoms. The van der Waals surface area contributed by atoms with Crippen LogP contribution in [0.25, 0.3) is 0 Å². The van der Waals surface area contributed by atoms with Crippen molar-refractivity contribution in [1.82, 2.24) is 10.2 Å². The molecule has 1 saturated heterocycles. The normalized spacial score (nSPS) is 20.0. The lowest BCUT2D eigenvalue weighted by Gasteiger charge is -2.38. The molecule has 1 aromatic rings. The topological polar surface area (TPSA) is 36.9 Å². The Hall–Kier alpha value is -1.55. The summed E-state index contributed by atoms with van der Waals surface area (Å²) < 4.78 is 5.89. The molecular formula is C21H33N3O. The Balaban J connectivity index is 1.53. The van der Waals surface area contributed by atoms with E-state index in [1.54, 1.807) is 0 Å². The molecule has 1 N–H and O–H groups in total. The maximum Gasteiger partial charge on any atom is 0.193 e. The number of guanidine groups is 1. The highest BCUT2D eigenvalue weighted by atomic mass is 16.5. The Kier molecular flexibility index (Phi) is 5.38. The molecule has 0 aromatic heterocycles. The van der Waals surface area contributed by atoms with Crippen LogP contribution in [0.3, 0.4) is 0 Å². The molecule has 2 fully saturated rings. The predicted molar refractivity (Wildman–Crippen MR) is 104 cm³/mol. The van der Waals surface area contributed by atoms with Gasteiger partial charge in [0.15, 0.2) is 5.96 Å². The summed E-state index contributed by atoms with van der Waals surface area (Å²) in [4.78, 5) is 6.94. The van der Waals surface area contributed by atoms with E-state index in [2.05, 4.69) is 60.2 Å². The quantitative estimate of drug-likeness (QED) is 0.664. The highest BCUT2D eigenvalue weighted by Crippen LogP contribution is 2.47. The maximum atomic E-state index is 5.89. The molecule has 1 saturated carbocycles. The SMILES string of the molecule is CN=C(NCc1cccc(COC(C)(C)C)c1)N1CCC2(CCC2)C1. The number of nitrogens with zero attached hydrogens (tertiary/aromatic N) is 2. The van der Waals surface area contributed by atoms with Crippen LogP contribution in [0, 0.1) is 5.41 Å². The zero-order valence-electron chi connectivity index (χ0n) is 16.3. The van der Waals surface area contributed by atoms with Crippen LogP contribution in [0.4, 0.5) is 0 Å². The minimum absolute atomic E-state index is 0.108. The van der Waals surface area contributed by atoms with Crippen molar-refractivity contribution in [2.75, 3.05) is 20.1 Å². The van der Waals surface area contributed by atoms with Crippen molar-refractivity contribution in [1.29, 1.82) is 0 Å². The Bertz CT molecular complexity index is 614. The second-order valence-electron chi connectivity index (χ2n) is 8.65. The molecule has 1 aliphatic carbocycles. The monoisotopic (exact) mass is 343 g/mol. The third-order valence-electron chi connectivity index (χ3n) is 5.48. The van der Waals surface area contributed by atoms with Crippen LogP contribution in [-0.2, 0) is 17.9 Å². The second-order valence-corrected chi connectivity index (χ2v) is 8.65. The van der Waals surface area contributed by atoms with E-state index >= 15 is 0 Å². The number of aliphatic imine (C=N–C) groups is 1. The van der Waals surface area contributed by atoms with E-state index in [4.69, 9.17) is 4.74 Å². The minimum Gasteiger partial charge on any atom is -0.371 e. The molecular weight excluding hydrogens is 310 g/mol. The molecule has 0 amide bonds. The summed E-state index contributed by atoms with van der Waals surface area (Å²) >= 11 is 0. The molecule has 1 spiro atoms. The molecule has 0 unspecified atom stereocenters. The van der Waals surface area contributed by atoms with Gasteiger partial charge < -0.3 is 15.0 Å². The van der Waals surface area contributed by atoms with E-state index < -0.39 is 0 Å². The number of benzene rings is 1. The average Bonchev–Trinajstić information content (AvgIpc) is 2.99. The molecule has 1 aromatic carbocycles. The van der Waals surface area contributed by atoms with Gasteiger partial charge in [-0.3, -0.25) is 4.99 Å². The van der Waals surface area contributed by atoms with Gasteiger partial charge in [-0.2, -0.15) is 0 Å². The van der Waals surface area contributed by atoms with Crippen molar-refractivity contribution in [3.63, 3.8) is 0 Å². The van der Waals surface area contributed by atoms with Gasteiger partial charge in [-0.15, -0.1) is 0 Å². The number of ether oxygens (including phenoxy) is 1. The second kappa shape index (κ2) is 7.36. The Labute approximate surface area is 152 Å². The zero-order chi connectivity index (χ0) is 17.9. The third-order valence-corrected chi connectivity index (χ3v) is 5.48. The minimum atomic E-state index is -0.108. The van der Waals surface area contributed by atoms with E-state index in [0.717, 1.165) is 19.0 Å². The Morgan fingerprint density at radius 3 is 2.60 bits per heavy atom. The van der Waals surface area contributed by atoms with Gasteiger partial charge in [0.2, 0.25) is 0 Å². The lowest BCUT2D eigenvalue weighted by Crippen LogP contribution is -2.42. The van der Waals surface area contributed by atoms with Gasteiger partial charge >= 0.3 is 0 Å². The van der Waals surface area contributed by atoms with Gasteiger partial charge in [-0.25, -0.2) is 0 Å². The number of likely N-dealkylation sites (tertiary alicyclic amines) is 1. The first-order valence-electron chi connectivity index (χ1n) is 9.57. The van der Waals surface area contributed by atoms with Crippen LogP contribution in [0.15, 0.2) is 29.3 Å². The zero-order valence-corrected chi connectivity index (χ0v) is 16.3. The van der Waals surface area contributed by atoms with Crippen molar-refractivity contribution >= 4 is 5.96 Å². The molecule has 0 radical (unpaired) electrons. The molecule has 1 aliphatic heterocycles. The number of rotatable bonds is 4. The van der Waals surface area contributed by atoms with Crippen LogP contribution in [0.5, 0.6) is 0 Å². The summed E-state index contributed by atoms with van der Waals surface area (Å²) in [6.45, 7) is 10.0. The average molecular weight is 344 g/mol. The number of hydrogen-bond acceptors (Lipinski definition) is 2. The standard InChI is InChI=1S/C21H33N3O/c1-20(2,3)25-15-18-8-5-7-17(13-18)14-23-19(22-4)24-12-11-21(16-24)9-6-10-21/h5,7-8,13H,6,9-12,14-16H2,1-4H3,(H,22,23). The first-order valence-corrected chi connectivity index (χ1v) is 9.57. The van der Waals surface area contributed by atoms with Crippen LogP contribution in [0.1, 0.15) is 57.6 Å². The summed E-state index contributed by atoms with van der Waals surface area (Å²) in [6, 6.07) is 8.63. The van der Waals surface area contributed by atoms with E-state index in [9.17, 15) is 0 Å². The predicted octanol–water partition coefficient (Wildman–Crippen LogP) is 3.95. The van der Waals surface area contributed by atoms with Gasteiger partial charge in [0, 0.05) is 26.7 Å². The van der Waals surface area contributed by atoms with Gasteiger partial charge in [0.25, 0.3) is 0 Å². The number of nitrogens with one attached hydrogen (secondary N) is 1. The van der Waals surface area contributed by atoms with Crippen LogP contribution in [-0.4, -0.2) is 36.6 Å². The van der Waals surface area contributed by atoms with Gasteiger partial charge in [0.05, 0.1) is 12.2 Å². The molecule has 4 nitrogen and oxygen atoms in total. The van der Waals surface area contributed by atoms with Crippen LogP contribution < -0.4 is 5.32 Å². The lowest BCUT2D eigenvalue weighted by molar-refractivity contribution is -0.0149. The first kappa shape index (κ1) is 18.2. The molecule has 4 heteroatoms. The fourth-order valence-corrected chi connectivity index (χ4v) is 3.84. The third kappa shape index (κ3) is 4.75. The van der Waals surface area contributed by atoms with Crippen molar-refractivity contribution in [2.24, 2.45) is 10.4 Å². The van der Waals surface area contributed by atoms with Crippen LogP contribution >= 0.6 is 0 Å². The summed E-state index contributed by atoms with van der Waals surface area (Å²) in [7, 11) is 1.89. The lowest BCUT2D eigenvalue weighted by atomic mass is 9.68. The van der Waals surface area contributed by atoms with Crippen molar-refractivity contribution in [3.05, 3.63) is 35.4 Å². The van der Waals surface area contributed by atoms with E-state index in [1.807, 2.05) is 7.05 Å².